The molecule has 0 spiro atoms. The lowest BCUT2D eigenvalue weighted by Gasteiger charge is -2.14. The van der Waals surface area contributed by atoms with Gasteiger partial charge >= 0.3 is 6.03 Å². The molecule has 218 valence electrons. The maximum Gasteiger partial charge on any atom is 0.329 e. The number of benzene rings is 3. The Balaban J connectivity index is 1.27. The summed E-state index contributed by atoms with van der Waals surface area (Å²) in [4.78, 5) is 42.4. The van der Waals surface area contributed by atoms with Crippen molar-refractivity contribution in [2.45, 2.75) is 32.7 Å². The van der Waals surface area contributed by atoms with Crippen LogP contribution in [0, 0.1) is 18.6 Å². The standard InChI is InChI=1S/C31H26F2N6O4/c1-3-6-22-30(41)38(31(42)37-22)26-14-23-17(12-21(26)33)13-24(36-23)28(40)19-15-35-39(29(19)34)25-10-9-18(11-16(25)2)43-27-8-5-4-7-20(27)32/h4-5,7-15,22,36H,3,6,34H2,1-2H3,(H,37,42). The van der Waals surface area contributed by atoms with Crippen molar-refractivity contribution >= 4 is 40.1 Å². The monoisotopic (exact) mass is 584 g/mol. The summed E-state index contributed by atoms with van der Waals surface area (Å²) in [6.07, 6.45) is 2.44. The van der Waals surface area contributed by atoms with Gasteiger partial charge in [0.2, 0.25) is 5.78 Å². The lowest BCUT2D eigenvalue weighted by molar-refractivity contribution is -0.118. The highest BCUT2D eigenvalue weighted by molar-refractivity contribution is 6.22. The maximum absolute atomic E-state index is 15.1. The summed E-state index contributed by atoms with van der Waals surface area (Å²) in [6.45, 7) is 3.68. The van der Waals surface area contributed by atoms with Gasteiger partial charge in [0.15, 0.2) is 11.6 Å². The van der Waals surface area contributed by atoms with Gasteiger partial charge in [-0.1, -0.05) is 25.5 Å². The molecule has 1 atom stereocenters. The lowest BCUT2D eigenvalue weighted by Crippen LogP contribution is -2.32. The number of rotatable bonds is 8. The fraction of sp³-hybridized carbons (Fsp3) is 0.161. The largest absolute Gasteiger partial charge is 0.454 e. The molecular formula is C31H26F2N6O4. The number of imide groups is 1. The number of anilines is 2. The van der Waals surface area contributed by atoms with Crippen LogP contribution < -0.4 is 20.7 Å². The van der Waals surface area contributed by atoms with Crippen molar-refractivity contribution in [1.29, 1.82) is 0 Å². The third-order valence-corrected chi connectivity index (χ3v) is 7.28. The number of carbonyl (C=O) groups is 3. The molecular weight excluding hydrogens is 558 g/mol. The number of hydrogen-bond acceptors (Lipinski definition) is 6. The Morgan fingerprint density at radius 3 is 2.58 bits per heavy atom. The van der Waals surface area contributed by atoms with Crippen LogP contribution in [0.4, 0.5) is 25.1 Å². The van der Waals surface area contributed by atoms with Crippen molar-refractivity contribution < 1.29 is 27.9 Å². The Bertz CT molecular complexity index is 1930. The lowest BCUT2D eigenvalue weighted by atomic mass is 10.1. The summed E-state index contributed by atoms with van der Waals surface area (Å²) in [5, 5.41) is 7.25. The van der Waals surface area contributed by atoms with Crippen molar-refractivity contribution in [3.63, 3.8) is 0 Å². The van der Waals surface area contributed by atoms with E-state index in [1.54, 1.807) is 37.3 Å². The predicted octanol–water partition coefficient (Wildman–Crippen LogP) is 5.77. The number of nitrogens with one attached hydrogen (secondary N) is 2. The first-order valence-corrected chi connectivity index (χ1v) is 13.5. The van der Waals surface area contributed by atoms with Crippen molar-refractivity contribution in [3.8, 4) is 17.2 Å². The molecule has 0 aliphatic carbocycles. The van der Waals surface area contributed by atoms with E-state index in [0.29, 0.717) is 40.7 Å². The van der Waals surface area contributed by atoms with Gasteiger partial charge in [0.05, 0.1) is 28.8 Å². The molecule has 1 fully saturated rings. The molecule has 6 rings (SSSR count). The van der Waals surface area contributed by atoms with Crippen molar-refractivity contribution in [2.75, 3.05) is 10.6 Å². The second-order valence-corrected chi connectivity index (χ2v) is 10.2. The molecule has 2 aromatic heterocycles. The Labute approximate surface area is 244 Å². The zero-order valence-corrected chi connectivity index (χ0v) is 23.2. The average Bonchev–Trinajstić information content (AvgIpc) is 3.64. The van der Waals surface area contributed by atoms with E-state index >= 15 is 4.39 Å². The van der Waals surface area contributed by atoms with E-state index in [1.807, 2.05) is 6.92 Å². The van der Waals surface area contributed by atoms with Crippen molar-refractivity contribution in [3.05, 3.63) is 95.3 Å². The molecule has 43 heavy (non-hydrogen) atoms. The fourth-order valence-electron chi connectivity index (χ4n) is 5.13. The number of aromatic amines is 1. The van der Waals surface area contributed by atoms with Crippen LogP contribution in [0.1, 0.15) is 41.4 Å². The number of ether oxygens (including phenoxy) is 1. The number of carbonyl (C=O) groups excluding carboxylic acids is 3. The van der Waals surface area contributed by atoms with E-state index in [9.17, 15) is 18.8 Å². The first-order valence-electron chi connectivity index (χ1n) is 13.5. The average molecular weight is 585 g/mol. The van der Waals surface area contributed by atoms with E-state index in [2.05, 4.69) is 15.4 Å². The number of aromatic nitrogens is 3. The molecule has 10 nitrogen and oxygen atoms in total. The number of ketones is 1. The quantitative estimate of drug-likeness (QED) is 0.157. The second-order valence-electron chi connectivity index (χ2n) is 10.2. The van der Waals surface area contributed by atoms with Gasteiger partial charge in [-0.05, 0) is 67.4 Å². The normalized spacial score (nSPS) is 14.9. The molecule has 0 radical (unpaired) electrons. The topological polar surface area (TPSA) is 135 Å². The number of nitrogens with two attached hydrogens (primary N) is 1. The fourth-order valence-corrected chi connectivity index (χ4v) is 5.13. The molecule has 0 saturated carbocycles. The summed E-state index contributed by atoms with van der Waals surface area (Å²) in [5.41, 5.74) is 8.01. The molecule has 0 bridgehead atoms. The first kappa shape index (κ1) is 27.6. The van der Waals surface area contributed by atoms with Crippen molar-refractivity contribution in [1.82, 2.24) is 20.1 Å². The van der Waals surface area contributed by atoms with Gasteiger partial charge in [0.1, 0.15) is 23.4 Å². The number of amides is 3. The molecule has 5 aromatic rings. The van der Waals surface area contributed by atoms with Gasteiger partial charge < -0.3 is 20.8 Å². The number of nitrogens with zero attached hydrogens (tertiary/aromatic N) is 3. The van der Waals surface area contributed by atoms with Crippen molar-refractivity contribution in [2.24, 2.45) is 0 Å². The third-order valence-electron chi connectivity index (χ3n) is 7.28. The van der Waals surface area contributed by atoms with Gasteiger partial charge in [0.25, 0.3) is 5.91 Å². The third kappa shape index (κ3) is 4.86. The van der Waals surface area contributed by atoms with Gasteiger partial charge in [-0.2, -0.15) is 5.10 Å². The molecule has 3 heterocycles. The smallest absolute Gasteiger partial charge is 0.329 e. The van der Waals surface area contributed by atoms with E-state index in [0.717, 1.165) is 11.0 Å². The summed E-state index contributed by atoms with van der Waals surface area (Å²) in [7, 11) is 0. The number of H-pyrrole nitrogens is 1. The SMILES string of the molecule is CCCC1NC(=O)N(c2cc3[nH]c(C(=O)c4cnn(-c5ccc(Oc6ccccc6F)cc5C)c4N)cc3cc2F)C1=O. The highest BCUT2D eigenvalue weighted by atomic mass is 19.1. The molecule has 1 unspecified atom stereocenters. The van der Waals surface area contributed by atoms with Gasteiger partial charge in [0, 0.05) is 10.9 Å². The van der Waals surface area contributed by atoms with Crippen LogP contribution in [-0.4, -0.2) is 38.5 Å². The van der Waals surface area contributed by atoms with E-state index in [4.69, 9.17) is 10.5 Å². The predicted molar refractivity (Wildman–Crippen MR) is 156 cm³/mol. The van der Waals surface area contributed by atoms with Gasteiger partial charge in [-0.15, -0.1) is 0 Å². The Morgan fingerprint density at radius 2 is 1.84 bits per heavy atom. The minimum atomic E-state index is -0.781. The number of hydrogen-bond donors (Lipinski definition) is 3. The minimum absolute atomic E-state index is 0.0719. The highest BCUT2D eigenvalue weighted by Crippen LogP contribution is 2.32. The molecule has 4 N–H and O–H groups in total. The van der Waals surface area contributed by atoms with E-state index in [1.165, 1.54) is 35.1 Å². The second kappa shape index (κ2) is 10.7. The highest BCUT2D eigenvalue weighted by Gasteiger charge is 2.39. The number of fused-ring (bicyclic) bond motifs is 1. The molecule has 3 amide bonds. The maximum atomic E-state index is 15.1. The number of aryl methyl sites for hydroxylation is 1. The summed E-state index contributed by atoms with van der Waals surface area (Å²) in [5.74, 6) is -1.73. The first-order chi connectivity index (χ1) is 20.7. The number of para-hydroxylation sites is 1. The Morgan fingerprint density at radius 1 is 1.05 bits per heavy atom. The molecule has 1 saturated heterocycles. The van der Waals surface area contributed by atoms with E-state index in [-0.39, 0.29) is 28.5 Å². The Hall–Kier alpha value is -5.52. The molecule has 1 aliphatic heterocycles. The van der Waals surface area contributed by atoms with Crippen LogP contribution in [0.3, 0.4) is 0 Å². The van der Waals surface area contributed by atoms with Crippen LogP contribution in [0.25, 0.3) is 16.6 Å². The van der Waals surface area contributed by atoms with Gasteiger partial charge in [-0.25, -0.2) is 23.2 Å². The summed E-state index contributed by atoms with van der Waals surface area (Å²) >= 11 is 0. The molecule has 3 aromatic carbocycles. The molecule has 12 heteroatoms. The Kier molecular flexibility index (Phi) is 6.88. The number of nitrogen functional groups attached to an aromatic ring is 1. The van der Waals surface area contributed by atoms with E-state index < -0.39 is 35.4 Å². The number of urea groups is 1. The summed E-state index contributed by atoms with van der Waals surface area (Å²) in [6, 6.07) is 13.6. The summed E-state index contributed by atoms with van der Waals surface area (Å²) < 4.78 is 36.2. The molecule has 1 aliphatic rings. The zero-order valence-electron chi connectivity index (χ0n) is 23.2. The van der Waals surface area contributed by atoms with Gasteiger partial charge in [-0.3, -0.25) is 9.59 Å². The van der Waals surface area contributed by atoms with Crippen LogP contribution >= 0.6 is 0 Å². The van der Waals surface area contributed by atoms with Crippen LogP contribution in [0.5, 0.6) is 11.5 Å². The van der Waals surface area contributed by atoms with Crippen LogP contribution in [0.2, 0.25) is 0 Å². The minimum Gasteiger partial charge on any atom is -0.454 e. The van der Waals surface area contributed by atoms with Crippen LogP contribution in [-0.2, 0) is 4.79 Å². The van der Waals surface area contributed by atoms with Crippen LogP contribution in [0.15, 0.2) is 66.9 Å². The number of halogens is 2. The zero-order chi connectivity index (χ0) is 30.4.